The SMILES string of the molecule is Cn1ccnc1-c1ccc(N2CCC(Cc3ccc(CC(=O)O)cc3)C2)nn1.O=CO. The molecule has 162 valence electrons. The zero-order valence-electron chi connectivity index (χ0n) is 17.3. The second kappa shape index (κ2) is 10.3. The van der Waals surface area contributed by atoms with Crippen molar-refractivity contribution in [2.24, 2.45) is 13.0 Å². The highest BCUT2D eigenvalue weighted by Crippen LogP contribution is 2.25. The maximum Gasteiger partial charge on any atom is 0.307 e. The molecule has 1 fully saturated rings. The van der Waals surface area contributed by atoms with Gasteiger partial charge >= 0.3 is 5.97 Å². The molecule has 31 heavy (non-hydrogen) atoms. The number of imidazole rings is 1. The summed E-state index contributed by atoms with van der Waals surface area (Å²) in [5, 5.41) is 24.5. The maximum atomic E-state index is 10.8. The number of hydrogen-bond donors (Lipinski definition) is 2. The van der Waals surface area contributed by atoms with Crippen LogP contribution in [0.5, 0.6) is 0 Å². The van der Waals surface area contributed by atoms with Gasteiger partial charge in [-0.05, 0) is 42.0 Å². The molecule has 1 aromatic carbocycles. The number of benzene rings is 1. The lowest BCUT2D eigenvalue weighted by Gasteiger charge is -2.17. The molecule has 2 N–H and O–H groups in total. The van der Waals surface area contributed by atoms with E-state index in [4.69, 9.17) is 15.0 Å². The van der Waals surface area contributed by atoms with E-state index in [0.29, 0.717) is 5.92 Å². The fraction of sp³-hybridized carbons (Fsp3) is 0.318. The van der Waals surface area contributed by atoms with E-state index in [-0.39, 0.29) is 12.9 Å². The first-order valence-electron chi connectivity index (χ1n) is 9.94. The molecule has 3 heterocycles. The highest BCUT2D eigenvalue weighted by molar-refractivity contribution is 5.70. The van der Waals surface area contributed by atoms with E-state index in [1.54, 1.807) is 6.20 Å². The minimum absolute atomic E-state index is 0.0738. The minimum atomic E-state index is -0.797. The molecule has 0 spiro atoms. The highest BCUT2D eigenvalue weighted by atomic mass is 16.4. The predicted molar refractivity (Wildman–Crippen MR) is 115 cm³/mol. The van der Waals surface area contributed by atoms with Gasteiger partial charge in [-0.2, -0.15) is 0 Å². The number of rotatable bonds is 6. The quantitative estimate of drug-likeness (QED) is 0.579. The Balaban J connectivity index is 0.000000858. The van der Waals surface area contributed by atoms with Crippen LogP contribution in [0.2, 0.25) is 0 Å². The van der Waals surface area contributed by atoms with Gasteiger partial charge in [0.1, 0.15) is 5.69 Å². The van der Waals surface area contributed by atoms with Gasteiger partial charge in [0.2, 0.25) is 0 Å². The molecular formula is C22H25N5O4. The van der Waals surface area contributed by atoms with E-state index in [0.717, 1.165) is 48.8 Å². The summed E-state index contributed by atoms with van der Waals surface area (Å²) in [7, 11) is 1.94. The summed E-state index contributed by atoms with van der Waals surface area (Å²) >= 11 is 0. The monoisotopic (exact) mass is 423 g/mol. The maximum absolute atomic E-state index is 10.8. The van der Waals surface area contributed by atoms with Crippen molar-refractivity contribution in [1.29, 1.82) is 0 Å². The number of aryl methyl sites for hydroxylation is 1. The van der Waals surface area contributed by atoms with Gasteiger partial charge in [0, 0.05) is 32.5 Å². The summed E-state index contributed by atoms with van der Waals surface area (Å²) < 4.78 is 1.93. The summed E-state index contributed by atoms with van der Waals surface area (Å²) in [6.45, 7) is 1.67. The molecule has 1 unspecified atom stereocenters. The molecule has 1 aliphatic rings. The van der Waals surface area contributed by atoms with Crippen LogP contribution in [0, 0.1) is 5.92 Å². The average Bonchev–Trinajstić information content (AvgIpc) is 3.39. The highest BCUT2D eigenvalue weighted by Gasteiger charge is 2.24. The lowest BCUT2D eigenvalue weighted by Crippen LogP contribution is -2.21. The summed E-state index contributed by atoms with van der Waals surface area (Å²) in [6.07, 6.45) is 5.82. The van der Waals surface area contributed by atoms with Crippen LogP contribution in [0.4, 0.5) is 5.82 Å². The molecule has 1 saturated heterocycles. The Bertz CT molecular complexity index is 1000. The fourth-order valence-corrected chi connectivity index (χ4v) is 3.73. The Labute approximate surface area is 180 Å². The van der Waals surface area contributed by atoms with Crippen molar-refractivity contribution in [3.63, 3.8) is 0 Å². The molecule has 0 amide bonds. The number of anilines is 1. The number of aliphatic carboxylic acids is 1. The van der Waals surface area contributed by atoms with Gasteiger partial charge in [0.05, 0.1) is 6.42 Å². The van der Waals surface area contributed by atoms with Crippen molar-refractivity contribution in [3.8, 4) is 11.5 Å². The molecule has 9 nitrogen and oxygen atoms in total. The van der Waals surface area contributed by atoms with Crippen LogP contribution >= 0.6 is 0 Å². The van der Waals surface area contributed by atoms with Crippen LogP contribution in [-0.2, 0) is 29.5 Å². The van der Waals surface area contributed by atoms with E-state index in [1.807, 2.05) is 54.2 Å². The van der Waals surface area contributed by atoms with Crippen LogP contribution in [0.25, 0.3) is 11.5 Å². The topological polar surface area (TPSA) is 121 Å². The fourth-order valence-electron chi connectivity index (χ4n) is 3.73. The molecule has 0 saturated carbocycles. The van der Waals surface area contributed by atoms with Crippen molar-refractivity contribution in [2.45, 2.75) is 19.3 Å². The van der Waals surface area contributed by atoms with Crippen LogP contribution in [-0.4, -0.2) is 55.5 Å². The van der Waals surface area contributed by atoms with Crippen molar-refractivity contribution >= 4 is 18.3 Å². The lowest BCUT2D eigenvalue weighted by molar-refractivity contribution is -0.136. The first-order chi connectivity index (χ1) is 15.0. The second-order valence-corrected chi connectivity index (χ2v) is 7.44. The first-order valence-corrected chi connectivity index (χ1v) is 9.94. The Hall–Kier alpha value is -3.75. The smallest absolute Gasteiger partial charge is 0.307 e. The third-order valence-corrected chi connectivity index (χ3v) is 5.21. The largest absolute Gasteiger partial charge is 0.483 e. The van der Waals surface area contributed by atoms with Gasteiger partial charge < -0.3 is 19.7 Å². The minimum Gasteiger partial charge on any atom is -0.483 e. The first kappa shape index (κ1) is 21.9. The van der Waals surface area contributed by atoms with Crippen molar-refractivity contribution in [3.05, 3.63) is 59.9 Å². The van der Waals surface area contributed by atoms with Gasteiger partial charge in [-0.25, -0.2) is 4.98 Å². The van der Waals surface area contributed by atoms with E-state index in [9.17, 15) is 4.79 Å². The normalized spacial score (nSPS) is 15.3. The van der Waals surface area contributed by atoms with E-state index >= 15 is 0 Å². The van der Waals surface area contributed by atoms with Crippen LogP contribution < -0.4 is 4.90 Å². The molecule has 3 aromatic rings. The number of carboxylic acids is 1. The van der Waals surface area contributed by atoms with E-state index in [1.165, 1.54) is 5.56 Å². The van der Waals surface area contributed by atoms with Crippen LogP contribution in [0.3, 0.4) is 0 Å². The molecule has 0 aliphatic carbocycles. The number of carboxylic acid groups (broad SMARTS) is 2. The Morgan fingerprint density at radius 1 is 1.16 bits per heavy atom. The molecule has 9 heteroatoms. The third kappa shape index (κ3) is 5.88. The molecule has 0 bridgehead atoms. The summed E-state index contributed by atoms with van der Waals surface area (Å²) in [6, 6.07) is 11.9. The zero-order chi connectivity index (χ0) is 22.2. The Morgan fingerprint density at radius 3 is 2.45 bits per heavy atom. The molecule has 1 atom stereocenters. The number of hydrogen-bond acceptors (Lipinski definition) is 6. The van der Waals surface area contributed by atoms with Gasteiger partial charge in [-0.15, -0.1) is 10.2 Å². The molecular weight excluding hydrogens is 398 g/mol. The van der Waals surface area contributed by atoms with Gasteiger partial charge in [-0.3, -0.25) is 9.59 Å². The number of carbonyl (C=O) groups is 2. The zero-order valence-corrected chi connectivity index (χ0v) is 17.3. The predicted octanol–water partition coefficient (Wildman–Crippen LogP) is 2.27. The lowest BCUT2D eigenvalue weighted by atomic mass is 9.97. The van der Waals surface area contributed by atoms with Crippen molar-refractivity contribution in [1.82, 2.24) is 19.7 Å². The number of aromatic nitrogens is 4. The summed E-state index contributed by atoms with van der Waals surface area (Å²) in [5.41, 5.74) is 2.86. The second-order valence-electron chi connectivity index (χ2n) is 7.44. The third-order valence-electron chi connectivity index (χ3n) is 5.21. The van der Waals surface area contributed by atoms with Crippen molar-refractivity contribution < 1.29 is 19.8 Å². The molecule has 1 aliphatic heterocycles. The van der Waals surface area contributed by atoms with E-state index in [2.05, 4.69) is 20.1 Å². The standard InChI is InChI=1S/C21H23N5O2.CH2O2/c1-25-11-9-22-21(25)18-6-7-19(24-23-18)26-10-8-17(14-26)12-15-2-4-16(5-3-15)13-20(27)28;2-1-3/h2-7,9,11,17H,8,10,12-14H2,1H3,(H,27,28);1H,(H,2,3). The van der Waals surface area contributed by atoms with Gasteiger partial charge in [0.25, 0.3) is 6.47 Å². The molecule has 2 aromatic heterocycles. The number of nitrogens with zero attached hydrogens (tertiary/aromatic N) is 5. The molecule has 0 radical (unpaired) electrons. The van der Waals surface area contributed by atoms with E-state index < -0.39 is 5.97 Å². The summed E-state index contributed by atoms with van der Waals surface area (Å²) in [5.74, 6) is 1.47. The van der Waals surface area contributed by atoms with Gasteiger partial charge in [0.15, 0.2) is 11.6 Å². The van der Waals surface area contributed by atoms with Crippen molar-refractivity contribution in [2.75, 3.05) is 18.0 Å². The Morgan fingerprint density at radius 2 is 1.87 bits per heavy atom. The van der Waals surface area contributed by atoms with Gasteiger partial charge in [-0.1, -0.05) is 24.3 Å². The van der Waals surface area contributed by atoms with Crippen LogP contribution in [0.15, 0.2) is 48.8 Å². The summed E-state index contributed by atoms with van der Waals surface area (Å²) in [4.78, 5) is 25.7. The van der Waals surface area contributed by atoms with Crippen LogP contribution in [0.1, 0.15) is 17.5 Å². The average molecular weight is 423 g/mol. The molecule has 4 rings (SSSR count). The Kier molecular flexibility index (Phi) is 7.31.